The molecular weight excluding hydrogens is 333 g/mol. The van der Waals surface area contributed by atoms with Gasteiger partial charge in [-0.3, -0.25) is 4.79 Å². The van der Waals surface area contributed by atoms with Gasteiger partial charge in [-0.2, -0.15) is 0 Å². The minimum atomic E-state index is -0.415. The van der Waals surface area contributed by atoms with Gasteiger partial charge in [-0.15, -0.1) is 10.2 Å². The summed E-state index contributed by atoms with van der Waals surface area (Å²) in [6, 6.07) is 2.84. The van der Waals surface area contributed by atoms with Crippen LogP contribution >= 0.6 is 11.6 Å². The lowest BCUT2D eigenvalue weighted by Crippen LogP contribution is -2.36. The molecule has 0 saturated heterocycles. The molecule has 0 N–H and O–H groups in total. The van der Waals surface area contributed by atoms with Gasteiger partial charge in [0.05, 0.1) is 5.69 Å². The normalized spacial score (nSPS) is 14.1. The zero-order valence-electron chi connectivity index (χ0n) is 13.7. The first-order chi connectivity index (χ1) is 11.5. The van der Waals surface area contributed by atoms with Crippen LogP contribution in [0.2, 0.25) is 5.02 Å². The van der Waals surface area contributed by atoms with Crippen molar-refractivity contribution in [1.29, 1.82) is 0 Å². The van der Waals surface area contributed by atoms with E-state index in [4.69, 9.17) is 16.0 Å². The Bertz CT molecular complexity index is 760. The van der Waals surface area contributed by atoms with Gasteiger partial charge in [-0.25, -0.2) is 4.39 Å². The third-order valence-electron chi connectivity index (χ3n) is 4.08. The molecule has 128 valence electrons. The number of anilines is 1. The Balaban J connectivity index is 1.73. The molecule has 0 atom stereocenters. The Morgan fingerprint density at radius 1 is 1.42 bits per heavy atom. The van der Waals surface area contributed by atoms with Crippen LogP contribution in [-0.2, 0) is 17.6 Å². The number of benzene rings is 1. The van der Waals surface area contributed by atoms with Gasteiger partial charge in [0.15, 0.2) is 0 Å². The SMILES string of the molecule is CC(C)c1nnc(CCC(=O)N2CCCc3c(Cl)ccc(F)c32)o1. The summed E-state index contributed by atoms with van der Waals surface area (Å²) >= 11 is 6.15. The molecule has 1 aromatic heterocycles. The standard InChI is InChI=1S/C17H19ClFN3O2/c1-10(2)17-21-20-14(24-17)7-8-15(23)22-9-3-4-11-12(18)5-6-13(19)16(11)22/h5-6,10H,3-4,7-9H2,1-2H3. The fourth-order valence-corrected chi connectivity index (χ4v) is 3.08. The molecule has 2 aromatic rings. The Morgan fingerprint density at radius 3 is 2.92 bits per heavy atom. The van der Waals surface area contributed by atoms with Crippen LogP contribution in [0, 0.1) is 5.82 Å². The maximum Gasteiger partial charge on any atom is 0.227 e. The minimum absolute atomic E-state index is 0.146. The second kappa shape index (κ2) is 6.89. The summed E-state index contributed by atoms with van der Waals surface area (Å²) in [5.74, 6) is 0.547. The molecule has 1 aliphatic rings. The summed E-state index contributed by atoms with van der Waals surface area (Å²) in [6.07, 6.45) is 1.97. The Kier molecular flexibility index (Phi) is 4.85. The van der Waals surface area contributed by atoms with Crippen molar-refractivity contribution in [3.8, 4) is 0 Å². The quantitative estimate of drug-likeness (QED) is 0.838. The van der Waals surface area contributed by atoms with Crippen LogP contribution < -0.4 is 4.90 Å². The average molecular weight is 352 g/mol. The fourth-order valence-electron chi connectivity index (χ4n) is 2.84. The highest BCUT2D eigenvalue weighted by Gasteiger charge is 2.27. The van der Waals surface area contributed by atoms with Crippen LogP contribution in [0.4, 0.5) is 10.1 Å². The van der Waals surface area contributed by atoms with Crippen molar-refractivity contribution in [2.24, 2.45) is 0 Å². The monoisotopic (exact) mass is 351 g/mol. The molecule has 0 spiro atoms. The predicted octanol–water partition coefficient (Wildman–Crippen LogP) is 3.90. The molecular formula is C17H19ClFN3O2. The zero-order valence-corrected chi connectivity index (χ0v) is 14.4. The number of aromatic nitrogens is 2. The molecule has 1 aliphatic heterocycles. The van der Waals surface area contributed by atoms with Gasteiger partial charge >= 0.3 is 0 Å². The summed E-state index contributed by atoms with van der Waals surface area (Å²) in [5, 5.41) is 8.40. The smallest absolute Gasteiger partial charge is 0.227 e. The van der Waals surface area contributed by atoms with E-state index >= 15 is 0 Å². The molecule has 0 aliphatic carbocycles. The van der Waals surface area contributed by atoms with E-state index in [-0.39, 0.29) is 18.2 Å². The van der Waals surface area contributed by atoms with Crippen LogP contribution in [0.3, 0.4) is 0 Å². The molecule has 0 fully saturated rings. The second-order valence-electron chi connectivity index (χ2n) is 6.19. The largest absolute Gasteiger partial charge is 0.425 e. The second-order valence-corrected chi connectivity index (χ2v) is 6.60. The van der Waals surface area contributed by atoms with Gasteiger partial charge in [0, 0.05) is 30.3 Å². The van der Waals surface area contributed by atoms with E-state index in [0.29, 0.717) is 47.4 Å². The van der Waals surface area contributed by atoms with Crippen molar-refractivity contribution in [1.82, 2.24) is 10.2 Å². The molecule has 0 saturated carbocycles. The zero-order chi connectivity index (χ0) is 17.3. The first-order valence-electron chi connectivity index (χ1n) is 8.07. The van der Waals surface area contributed by atoms with E-state index in [1.807, 2.05) is 13.8 Å². The first kappa shape index (κ1) is 16.9. The van der Waals surface area contributed by atoms with Crippen molar-refractivity contribution in [2.45, 2.75) is 45.4 Å². The Morgan fingerprint density at radius 2 is 2.21 bits per heavy atom. The van der Waals surface area contributed by atoms with E-state index in [0.717, 1.165) is 6.42 Å². The number of halogens is 2. The van der Waals surface area contributed by atoms with Crippen LogP contribution in [0.25, 0.3) is 0 Å². The molecule has 1 amide bonds. The van der Waals surface area contributed by atoms with E-state index in [1.165, 1.54) is 17.0 Å². The minimum Gasteiger partial charge on any atom is -0.425 e. The molecule has 2 heterocycles. The van der Waals surface area contributed by atoms with Gasteiger partial charge in [-0.1, -0.05) is 25.4 Å². The lowest BCUT2D eigenvalue weighted by molar-refractivity contribution is -0.118. The van der Waals surface area contributed by atoms with E-state index in [9.17, 15) is 9.18 Å². The average Bonchev–Trinajstić information content (AvgIpc) is 3.05. The molecule has 7 heteroatoms. The van der Waals surface area contributed by atoms with Crippen molar-refractivity contribution in [2.75, 3.05) is 11.4 Å². The fraction of sp³-hybridized carbons (Fsp3) is 0.471. The van der Waals surface area contributed by atoms with Crippen LogP contribution in [0.15, 0.2) is 16.5 Å². The Labute approximate surface area is 144 Å². The first-order valence-corrected chi connectivity index (χ1v) is 8.44. The predicted molar refractivity (Wildman–Crippen MR) is 88.8 cm³/mol. The van der Waals surface area contributed by atoms with Crippen molar-refractivity contribution < 1.29 is 13.6 Å². The number of hydrogen-bond donors (Lipinski definition) is 0. The maximum atomic E-state index is 14.2. The molecule has 0 radical (unpaired) electrons. The van der Waals surface area contributed by atoms with Gasteiger partial charge in [0.25, 0.3) is 0 Å². The number of carbonyl (C=O) groups excluding carboxylic acids is 1. The number of amides is 1. The lowest BCUT2D eigenvalue weighted by Gasteiger charge is -2.30. The lowest BCUT2D eigenvalue weighted by atomic mass is 10.0. The molecule has 3 rings (SSSR count). The third kappa shape index (κ3) is 3.29. The van der Waals surface area contributed by atoms with E-state index < -0.39 is 5.82 Å². The van der Waals surface area contributed by atoms with Crippen LogP contribution in [0.1, 0.15) is 50.0 Å². The molecule has 24 heavy (non-hydrogen) atoms. The number of nitrogens with zero attached hydrogens (tertiary/aromatic N) is 3. The highest BCUT2D eigenvalue weighted by Crippen LogP contribution is 2.35. The summed E-state index contributed by atoms with van der Waals surface area (Å²) in [4.78, 5) is 14.1. The summed E-state index contributed by atoms with van der Waals surface area (Å²) in [5.41, 5.74) is 1.02. The van der Waals surface area contributed by atoms with Crippen molar-refractivity contribution in [3.05, 3.63) is 40.3 Å². The highest BCUT2D eigenvalue weighted by atomic mass is 35.5. The van der Waals surface area contributed by atoms with Crippen LogP contribution in [0.5, 0.6) is 0 Å². The molecule has 0 unspecified atom stereocenters. The number of fused-ring (bicyclic) bond motifs is 1. The number of aryl methyl sites for hydroxylation is 1. The van der Waals surface area contributed by atoms with Crippen molar-refractivity contribution in [3.63, 3.8) is 0 Å². The topological polar surface area (TPSA) is 59.2 Å². The van der Waals surface area contributed by atoms with Crippen LogP contribution in [-0.4, -0.2) is 22.6 Å². The maximum absolute atomic E-state index is 14.2. The molecule has 0 bridgehead atoms. The summed E-state index contributed by atoms with van der Waals surface area (Å²) in [6.45, 7) is 4.41. The van der Waals surface area contributed by atoms with E-state index in [1.54, 1.807) is 0 Å². The van der Waals surface area contributed by atoms with Crippen molar-refractivity contribution >= 4 is 23.2 Å². The summed E-state index contributed by atoms with van der Waals surface area (Å²) in [7, 11) is 0. The number of rotatable bonds is 4. The Hall–Kier alpha value is -1.95. The van der Waals surface area contributed by atoms with Gasteiger partial charge < -0.3 is 9.32 Å². The summed E-state index contributed by atoms with van der Waals surface area (Å²) < 4.78 is 19.7. The molecule has 1 aromatic carbocycles. The van der Waals surface area contributed by atoms with Gasteiger partial charge in [-0.05, 0) is 30.5 Å². The molecule has 5 nitrogen and oxygen atoms in total. The van der Waals surface area contributed by atoms with E-state index in [2.05, 4.69) is 10.2 Å². The highest BCUT2D eigenvalue weighted by molar-refractivity contribution is 6.32. The van der Waals surface area contributed by atoms with Gasteiger partial charge in [0.2, 0.25) is 17.7 Å². The number of carbonyl (C=O) groups is 1. The van der Waals surface area contributed by atoms with Gasteiger partial charge in [0.1, 0.15) is 5.82 Å². The number of hydrogen-bond acceptors (Lipinski definition) is 4. The third-order valence-corrected chi connectivity index (χ3v) is 4.44.